The van der Waals surface area contributed by atoms with Crippen molar-refractivity contribution in [3.63, 3.8) is 0 Å². The highest BCUT2D eigenvalue weighted by Gasteiger charge is 2.23. The van der Waals surface area contributed by atoms with Crippen LogP contribution in [0.5, 0.6) is 0 Å². The van der Waals surface area contributed by atoms with Crippen molar-refractivity contribution >= 4 is 23.9 Å². The molecule has 12 heteroatoms. The van der Waals surface area contributed by atoms with Gasteiger partial charge in [-0.25, -0.2) is 0 Å². The van der Waals surface area contributed by atoms with Gasteiger partial charge < -0.3 is 39.0 Å². The number of hydrogen-bond acceptors (Lipinski definition) is 12. The van der Waals surface area contributed by atoms with E-state index in [-0.39, 0.29) is 35.7 Å². The minimum Gasteiger partial charge on any atom is -0.466 e. The summed E-state index contributed by atoms with van der Waals surface area (Å²) in [4.78, 5) is 55.4. The van der Waals surface area contributed by atoms with Gasteiger partial charge in [-0.3, -0.25) is 19.2 Å². The van der Waals surface area contributed by atoms with Crippen LogP contribution in [0.4, 0.5) is 0 Å². The van der Waals surface area contributed by atoms with Crippen molar-refractivity contribution in [3.05, 3.63) is 48.6 Å². The van der Waals surface area contributed by atoms with Gasteiger partial charge in [0, 0.05) is 38.8 Å². The number of esters is 4. The second-order valence-corrected chi connectivity index (χ2v) is 34.4. The van der Waals surface area contributed by atoms with Gasteiger partial charge in [-0.15, -0.1) is 0 Å². The number of aliphatic hydroxyl groups excluding tert-OH is 2. The summed E-state index contributed by atoms with van der Waals surface area (Å²) < 4.78 is 22.8. The van der Waals surface area contributed by atoms with E-state index in [4.69, 9.17) is 18.9 Å². The summed E-state index contributed by atoms with van der Waals surface area (Å²) in [6.45, 7) is 14.1. The molecule has 0 aliphatic rings. The van der Waals surface area contributed by atoms with Crippen LogP contribution >= 0.6 is 0 Å². The number of hydrogen-bond donors (Lipinski definition) is 2. The van der Waals surface area contributed by atoms with Crippen LogP contribution in [0.25, 0.3) is 0 Å². The fourth-order valence-electron chi connectivity index (χ4n) is 15.6. The van der Waals surface area contributed by atoms with Crippen LogP contribution in [-0.2, 0) is 38.1 Å². The molecule has 0 aromatic carbocycles. The van der Waals surface area contributed by atoms with Gasteiger partial charge in [-0.2, -0.15) is 0 Å². The number of aliphatic hydroxyl groups is 2. The Bertz CT molecular complexity index is 1970. The summed E-state index contributed by atoms with van der Waals surface area (Å²) >= 11 is 0. The SMILES string of the molecule is CCCCCCCC/C=C\CCCCCCCC(=O)OCCCCCC(O)C(CCCCOC(=O)CCCCCCC/C=C\CCCCCCCC)CN(C)CCCN(C)CC(CCCCOC(=O)CCCCCCC/C=C\CCCCCCCC)C(O)CCCCCOC(=O)CCCCCCC/C=C\CCCCCCCC. The topological polar surface area (TPSA) is 152 Å². The Balaban J connectivity index is 5.36. The third-order valence-electron chi connectivity index (χ3n) is 23.1. The molecule has 0 aliphatic heterocycles. The van der Waals surface area contributed by atoms with Gasteiger partial charge in [-0.05, 0) is 251 Å². The third-order valence-corrected chi connectivity index (χ3v) is 23.1. The average Bonchev–Trinajstić information content (AvgIpc) is 0.920. The van der Waals surface area contributed by atoms with Crippen LogP contribution in [-0.4, -0.2) is 123 Å². The molecule has 0 radical (unpaired) electrons. The molecule has 0 aliphatic carbocycles. The lowest BCUT2D eigenvalue weighted by Crippen LogP contribution is -2.36. The lowest BCUT2D eigenvalue weighted by molar-refractivity contribution is -0.144. The fourth-order valence-corrected chi connectivity index (χ4v) is 15.6. The number of unbranched alkanes of at least 4 members (excludes halogenated alkanes) is 50. The van der Waals surface area contributed by atoms with Crippen molar-refractivity contribution in [2.75, 3.05) is 66.7 Å². The molecule has 0 rings (SSSR count). The van der Waals surface area contributed by atoms with Crippen molar-refractivity contribution in [2.45, 2.75) is 496 Å². The van der Waals surface area contributed by atoms with Crippen molar-refractivity contribution < 1.29 is 48.3 Å². The molecule has 4 atom stereocenters. The molecule has 0 amide bonds. The Morgan fingerprint density at radius 1 is 0.239 bits per heavy atom. The van der Waals surface area contributed by atoms with E-state index in [1.165, 1.54) is 244 Å². The smallest absolute Gasteiger partial charge is 0.305 e. The summed E-state index contributed by atoms with van der Waals surface area (Å²) in [5.74, 6) is -0.221. The second-order valence-electron chi connectivity index (χ2n) is 34.4. The minimum absolute atomic E-state index is 0.0771. The first-order valence-corrected chi connectivity index (χ1v) is 49.4. The van der Waals surface area contributed by atoms with Crippen LogP contribution < -0.4 is 0 Å². The number of ether oxygens (including phenoxy) is 4. The van der Waals surface area contributed by atoms with Crippen LogP contribution in [0.2, 0.25) is 0 Å². The second kappa shape index (κ2) is 91.0. The average molecular weight is 1590 g/mol. The summed E-state index contributed by atoms with van der Waals surface area (Å²) in [6.07, 6.45) is 96.4. The maximum Gasteiger partial charge on any atom is 0.305 e. The fraction of sp³-hybridized carbons (Fsp3) is 0.881. The molecule has 0 saturated heterocycles. The summed E-state index contributed by atoms with van der Waals surface area (Å²) in [7, 11) is 4.33. The Morgan fingerprint density at radius 2 is 0.425 bits per heavy atom. The van der Waals surface area contributed by atoms with E-state index in [2.05, 4.69) is 100 Å². The Kier molecular flexibility index (Phi) is 88.3. The molecule has 12 nitrogen and oxygen atoms in total. The zero-order valence-corrected chi connectivity index (χ0v) is 75.8. The van der Waals surface area contributed by atoms with Crippen molar-refractivity contribution in [3.8, 4) is 0 Å². The summed E-state index contributed by atoms with van der Waals surface area (Å²) in [5, 5.41) is 23.6. The van der Waals surface area contributed by atoms with E-state index in [1.807, 2.05) is 0 Å². The highest BCUT2D eigenvalue weighted by Crippen LogP contribution is 2.24. The van der Waals surface area contributed by atoms with E-state index >= 15 is 0 Å². The van der Waals surface area contributed by atoms with Gasteiger partial charge in [0.05, 0.1) is 38.6 Å². The molecular weight excluding hydrogens is 1400 g/mol. The molecule has 0 fully saturated rings. The number of carbonyl (C=O) groups excluding carboxylic acids is 4. The van der Waals surface area contributed by atoms with Crippen LogP contribution in [0.1, 0.15) is 484 Å². The molecule has 0 aromatic rings. The zero-order chi connectivity index (χ0) is 82.1. The predicted molar refractivity (Wildman–Crippen MR) is 485 cm³/mol. The van der Waals surface area contributed by atoms with Crippen LogP contribution in [0.15, 0.2) is 48.6 Å². The highest BCUT2D eigenvalue weighted by molar-refractivity contribution is 5.70. The third kappa shape index (κ3) is 84.9. The Labute approximate surface area is 701 Å². The van der Waals surface area contributed by atoms with Crippen LogP contribution in [0, 0.1) is 11.8 Å². The zero-order valence-electron chi connectivity index (χ0n) is 75.8. The largest absolute Gasteiger partial charge is 0.466 e. The lowest BCUT2D eigenvalue weighted by Gasteiger charge is -2.30. The molecule has 0 saturated carbocycles. The van der Waals surface area contributed by atoms with Crippen molar-refractivity contribution in [2.24, 2.45) is 11.8 Å². The van der Waals surface area contributed by atoms with E-state index in [0.717, 1.165) is 200 Å². The molecule has 4 unspecified atom stereocenters. The van der Waals surface area contributed by atoms with Gasteiger partial charge in [0.1, 0.15) is 0 Å². The molecule has 664 valence electrons. The van der Waals surface area contributed by atoms with Gasteiger partial charge >= 0.3 is 23.9 Å². The molecular formula is C101H190N2O10. The number of nitrogens with zero attached hydrogens (tertiary/aromatic N) is 2. The van der Waals surface area contributed by atoms with Gasteiger partial charge in [0.25, 0.3) is 0 Å². The first-order chi connectivity index (χ1) is 55.5. The van der Waals surface area contributed by atoms with Crippen molar-refractivity contribution in [1.82, 2.24) is 9.80 Å². The lowest BCUT2D eigenvalue weighted by atomic mass is 9.91. The molecule has 0 aromatic heterocycles. The standard InChI is InChI=1S/C101H190N2O10/c1-7-11-15-19-23-27-31-35-39-43-47-51-55-59-67-82-98(106)110-88-73-63-65-80-96(104)94(78-71-75-90-112-100(108)84-69-61-57-53-49-45-41-37-33-29-25-21-17-13-9-3)92-102(5)86-77-87-103(6)93-95(79-72-76-91-113-101(109)85-70-62-58-54-50-46-42-38-34-30-26-22-18-14-10-4)97(105)81-66-64-74-89-111-99(107)83-68-60-56-52-48-44-40-36-32-28-24-20-16-12-8-2/h35-42,94-97,104-105H,7-34,43-93H2,1-6H3/b39-35-,40-36-,41-37-,42-38-. The quantitative estimate of drug-likeness (QED) is 0.0258. The maximum atomic E-state index is 12.8. The van der Waals surface area contributed by atoms with E-state index in [0.29, 0.717) is 65.0 Å². The monoisotopic (exact) mass is 1590 g/mol. The van der Waals surface area contributed by atoms with Gasteiger partial charge in [-0.1, -0.05) is 295 Å². The summed E-state index contributed by atoms with van der Waals surface area (Å²) in [5.41, 5.74) is 0. The normalized spacial score (nSPS) is 13.1. The molecule has 0 heterocycles. The number of carbonyl (C=O) groups is 4. The first kappa shape index (κ1) is 110. The van der Waals surface area contributed by atoms with Crippen LogP contribution in [0.3, 0.4) is 0 Å². The maximum absolute atomic E-state index is 12.8. The molecule has 0 bridgehead atoms. The number of rotatable bonds is 92. The number of allylic oxidation sites excluding steroid dienone is 8. The van der Waals surface area contributed by atoms with Gasteiger partial charge in [0.15, 0.2) is 0 Å². The molecule has 113 heavy (non-hydrogen) atoms. The van der Waals surface area contributed by atoms with E-state index in [1.54, 1.807) is 0 Å². The molecule has 0 spiro atoms. The highest BCUT2D eigenvalue weighted by atomic mass is 16.5. The Hall–Kier alpha value is -3.32. The predicted octanol–water partition coefficient (Wildman–Crippen LogP) is 29.0. The minimum atomic E-state index is -0.461. The molecule has 2 N–H and O–H groups in total. The summed E-state index contributed by atoms with van der Waals surface area (Å²) in [6, 6.07) is 0. The van der Waals surface area contributed by atoms with Crippen molar-refractivity contribution in [1.29, 1.82) is 0 Å². The Morgan fingerprint density at radius 3 is 0.655 bits per heavy atom. The van der Waals surface area contributed by atoms with Gasteiger partial charge in [0.2, 0.25) is 0 Å². The first-order valence-electron chi connectivity index (χ1n) is 49.4. The van der Waals surface area contributed by atoms with E-state index in [9.17, 15) is 29.4 Å². The van der Waals surface area contributed by atoms with E-state index < -0.39 is 12.2 Å².